The summed E-state index contributed by atoms with van der Waals surface area (Å²) in [6.07, 6.45) is -1.01. The molecule has 2 heterocycles. The van der Waals surface area contributed by atoms with Gasteiger partial charge in [0.25, 0.3) is 23.6 Å². The summed E-state index contributed by atoms with van der Waals surface area (Å²) >= 11 is 1.44. The summed E-state index contributed by atoms with van der Waals surface area (Å²) in [5.41, 5.74) is 0. The summed E-state index contributed by atoms with van der Waals surface area (Å²) in [6, 6.07) is 0. The maximum atomic E-state index is 11.8. The normalized spacial score (nSPS) is 16.1. The molecule has 2 saturated heterocycles. The fraction of sp³-hybridized carbons (Fsp3) is 0.529. The van der Waals surface area contributed by atoms with Gasteiger partial charge in [-0.2, -0.15) is 0 Å². The average molecular weight is 474 g/mol. The Morgan fingerprint density at radius 2 is 0.968 bits per heavy atom. The van der Waals surface area contributed by atoms with Gasteiger partial charge in [0, 0.05) is 37.2 Å². The second-order valence-electron chi connectivity index (χ2n) is 6.21. The molecule has 0 aromatic heterocycles. The van der Waals surface area contributed by atoms with Crippen molar-refractivity contribution in [2.24, 2.45) is 0 Å². The Hall–Kier alpha value is -2.74. The molecule has 0 bridgehead atoms. The molecule has 12 nitrogen and oxygen atoms in total. The first-order chi connectivity index (χ1) is 14.7. The number of carbonyl (C=O) groups excluding carboxylic acids is 8. The van der Waals surface area contributed by atoms with Crippen molar-refractivity contribution in [1.29, 1.82) is 0 Å². The summed E-state index contributed by atoms with van der Waals surface area (Å²) in [5, 5.41) is -0.186. The topological polar surface area (TPSA) is 161 Å². The lowest BCUT2D eigenvalue weighted by Crippen LogP contribution is -2.32. The number of thioether (sulfide) groups is 2. The number of hydroxylamine groups is 4. The number of hydrogen-bond donors (Lipinski definition) is 0. The second-order valence-corrected chi connectivity index (χ2v) is 8.51. The third kappa shape index (κ3) is 7.79. The van der Waals surface area contributed by atoms with Gasteiger partial charge >= 0.3 is 11.9 Å². The molecule has 0 aromatic carbocycles. The van der Waals surface area contributed by atoms with E-state index in [1.54, 1.807) is 0 Å². The lowest BCUT2D eigenvalue weighted by molar-refractivity contribution is -0.197. The van der Waals surface area contributed by atoms with Crippen molar-refractivity contribution in [2.45, 2.75) is 44.9 Å². The van der Waals surface area contributed by atoms with E-state index in [9.17, 15) is 38.4 Å². The van der Waals surface area contributed by atoms with Crippen LogP contribution < -0.4 is 0 Å². The molecule has 0 aromatic rings. The highest BCUT2D eigenvalue weighted by Gasteiger charge is 2.33. The van der Waals surface area contributed by atoms with E-state index in [1.807, 2.05) is 0 Å². The molecule has 0 unspecified atom stereocenters. The summed E-state index contributed by atoms with van der Waals surface area (Å²) in [4.78, 5) is 101. The van der Waals surface area contributed by atoms with Crippen LogP contribution in [0.15, 0.2) is 0 Å². The van der Waals surface area contributed by atoms with Gasteiger partial charge in [0.1, 0.15) is 0 Å². The van der Waals surface area contributed by atoms with E-state index in [1.165, 1.54) is 0 Å². The zero-order chi connectivity index (χ0) is 23.0. The SMILES string of the molecule is O=C(CCSC(=O)CC(=O)SCCC(=O)ON1C(=O)CCC1=O)ON1C(=O)CCC1=O. The largest absolute Gasteiger partial charge is 0.334 e. The van der Waals surface area contributed by atoms with E-state index in [0.29, 0.717) is 10.1 Å². The highest BCUT2D eigenvalue weighted by atomic mass is 32.2. The molecular formula is C17H18N2O10S2. The highest BCUT2D eigenvalue weighted by molar-refractivity contribution is 8.15. The molecule has 168 valence electrons. The molecule has 0 aliphatic carbocycles. The third-order valence-corrected chi connectivity index (χ3v) is 5.57. The lowest BCUT2D eigenvalue weighted by atomic mass is 10.4. The number of imide groups is 2. The van der Waals surface area contributed by atoms with Crippen LogP contribution in [0.3, 0.4) is 0 Å². The van der Waals surface area contributed by atoms with Crippen LogP contribution in [0, 0.1) is 0 Å². The van der Waals surface area contributed by atoms with Crippen molar-refractivity contribution < 1.29 is 48.0 Å². The zero-order valence-corrected chi connectivity index (χ0v) is 17.8. The van der Waals surface area contributed by atoms with Crippen molar-refractivity contribution in [1.82, 2.24) is 10.1 Å². The van der Waals surface area contributed by atoms with E-state index >= 15 is 0 Å². The van der Waals surface area contributed by atoms with Crippen molar-refractivity contribution >= 4 is 69.3 Å². The summed E-state index contributed by atoms with van der Waals surface area (Å²) in [5.74, 6) is -4.12. The molecule has 4 amide bonds. The Morgan fingerprint density at radius 1 is 0.645 bits per heavy atom. The molecular weight excluding hydrogens is 456 g/mol. The Kier molecular flexibility index (Phi) is 9.18. The number of amides is 4. The van der Waals surface area contributed by atoms with E-state index in [0.717, 1.165) is 23.5 Å². The molecule has 2 aliphatic rings. The van der Waals surface area contributed by atoms with Crippen LogP contribution in [0.25, 0.3) is 0 Å². The fourth-order valence-corrected chi connectivity index (χ4v) is 3.88. The Labute approximate surface area is 184 Å². The monoisotopic (exact) mass is 474 g/mol. The minimum absolute atomic E-state index is 0.00392. The number of nitrogens with zero attached hydrogens (tertiary/aromatic N) is 2. The van der Waals surface area contributed by atoms with Crippen molar-refractivity contribution in [2.75, 3.05) is 11.5 Å². The smallest absolute Gasteiger partial charge is 0.330 e. The first-order valence-electron chi connectivity index (χ1n) is 9.11. The zero-order valence-electron chi connectivity index (χ0n) is 16.2. The standard InChI is InChI=1S/C17H18N2O10S2/c20-10-1-2-11(21)18(10)28-14(24)5-7-30-16(26)9-17(27)31-8-6-15(25)29-19-12(22)3-4-13(19)23/h1-9H2. The molecule has 0 spiro atoms. The van der Waals surface area contributed by atoms with Crippen molar-refractivity contribution in [3.63, 3.8) is 0 Å². The molecule has 0 saturated carbocycles. The van der Waals surface area contributed by atoms with Gasteiger partial charge in [0.15, 0.2) is 10.2 Å². The van der Waals surface area contributed by atoms with Gasteiger partial charge in [0.2, 0.25) is 0 Å². The van der Waals surface area contributed by atoms with Crippen LogP contribution in [0.5, 0.6) is 0 Å². The van der Waals surface area contributed by atoms with E-state index in [-0.39, 0.29) is 50.0 Å². The Morgan fingerprint density at radius 3 is 1.29 bits per heavy atom. The number of rotatable bonds is 10. The molecule has 31 heavy (non-hydrogen) atoms. The molecule has 0 atom stereocenters. The predicted molar refractivity (Wildman–Crippen MR) is 103 cm³/mol. The summed E-state index contributed by atoms with van der Waals surface area (Å²) < 4.78 is 0. The molecule has 0 radical (unpaired) electrons. The van der Waals surface area contributed by atoms with Crippen LogP contribution in [0.4, 0.5) is 0 Å². The van der Waals surface area contributed by atoms with Gasteiger partial charge in [-0.25, -0.2) is 9.59 Å². The predicted octanol–water partition coefficient (Wildman–Crippen LogP) is -0.109. The molecule has 14 heteroatoms. The second kappa shape index (κ2) is 11.6. The maximum Gasteiger partial charge on any atom is 0.334 e. The third-order valence-electron chi connectivity index (χ3n) is 3.82. The highest BCUT2D eigenvalue weighted by Crippen LogP contribution is 2.17. The van der Waals surface area contributed by atoms with Gasteiger partial charge in [0.05, 0.1) is 19.3 Å². The van der Waals surface area contributed by atoms with Crippen LogP contribution in [-0.4, -0.2) is 67.4 Å². The van der Waals surface area contributed by atoms with Crippen LogP contribution in [-0.2, 0) is 48.0 Å². The van der Waals surface area contributed by atoms with Crippen LogP contribution in [0.1, 0.15) is 44.9 Å². The van der Waals surface area contributed by atoms with Gasteiger partial charge in [-0.15, -0.1) is 10.1 Å². The quantitative estimate of drug-likeness (QED) is 0.305. The van der Waals surface area contributed by atoms with Crippen LogP contribution >= 0.6 is 23.5 Å². The van der Waals surface area contributed by atoms with E-state index in [2.05, 4.69) is 9.68 Å². The molecule has 2 aliphatic heterocycles. The van der Waals surface area contributed by atoms with Gasteiger partial charge in [-0.1, -0.05) is 23.5 Å². The average Bonchev–Trinajstić information content (AvgIpc) is 3.18. The van der Waals surface area contributed by atoms with Crippen LogP contribution in [0.2, 0.25) is 0 Å². The van der Waals surface area contributed by atoms with Crippen molar-refractivity contribution in [3.8, 4) is 0 Å². The Bertz CT molecular complexity index is 730. The number of carbonyl (C=O) groups is 8. The first kappa shape index (κ1) is 24.5. The lowest BCUT2D eigenvalue weighted by Gasteiger charge is -2.12. The van der Waals surface area contributed by atoms with Gasteiger partial charge < -0.3 is 9.68 Å². The summed E-state index contributed by atoms with van der Waals surface area (Å²) in [7, 11) is 0. The molecule has 2 rings (SSSR count). The molecule has 2 fully saturated rings. The van der Waals surface area contributed by atoms with Gasteiger partial charge in [-0.3, -0.25) is 28.8 Å². The minimum atomic E-state index is -0.849. The van der Waals surface area contributed by atoms with E-state index in [4.69, 9.17) is 0 Å². The Balaban J connectivity index is 1.56. The minimum Gasteiger partial charge on any atom is -0.330 e. The summed E-state index contributed by atoms with van der Waals surface area (Å²) in [6.45, 7) is 0. The first-order valence-corrected chi connectivity index (χ1v) is 11.1. The number of hydrogen-bond acceptors (Lipinski definition) is 12. The fourth-order valence-electron chi connectivity index (χ4n) is 2.33. The van der Waals surface area contributed by atoms with Crippen molar-refractivity contribution in [3.05, 3.63) is 0 Å². The van der Waals surface area contributed by atoms with E-state index < -0.39 is 52.2 Å². The van der Waals surface area contributed by atoms with Gasteiger partial charge in [-0.05, 0) is 0 Å². The molecule has 0 N–H and O–H groups in total. The maximum absolute atomic E-state index is 11.8.